The maximum absolute atomic E-state index is 13.4. The molecule has 2 aromatic carbocycles. The highest BCUT2D eigenvalue weighted by molar-refractivity contribution is 5.95. The highest BCUT2D eigenvalue weighted by Gasteiger charge is 2.55. The van der Waals surface area contributed by atoms with Gasteiger partial charge in [-0.1, -0.05) is 36.4 Å². The highest BCUT2D eigenvalue weighted by atomic mass is 19.4. The van der Waals surface area contributed by atoms with Gasteiger partial charge < -0.3 is 10.0 Å². The molecule has 35 heavy (non-hydrogen) atoms. The van der Waals surface area contributed by atoms with Crippen LogP contribution in [0.25, 0.3) is 22.0 Å². The number of benzene rings is 2. The Kier molecular flexibility index (Phi) is 6.21. The fraction of sp³-hybridized carbons (Fsp3) is 0.280. The predicted octanol–water partition coefficient (Wildman–Crippen LogP) is 4.64. The summed E-state index contributed by atoms with van der Waals surface area (Å²) in [5.74, 6) is 0. The lowest BCUT2D eigenvalue weighted by atomic mass is 9.96. The number of pyridine rings is 1. The van der Waals surface area contributed by atoms with E-state index in [-0.39, 0.29) is 12.2 Å². The predicted molar refractivity (Wildman–Crippen MR) is 126 cm³/mol. The van der Waals surface area contributed by atoms with Gasteiger partial charge in [0, 0.05) is 25.2 Å². The number of rotatable bonds is 6. The molecule has 0 spiro atoms. The molecule has 4 rings (SSSR count). The largest absolute Gasteiger partial charge is 0.423 e. The summed E-state index contributed by atoms with van der Waals surface area (Å²) in [7, 11) is 3.89. The molecule has 0 saturated heterocycles. The molecule has 7 nitrogen and oxygen atoms in total. The molecule has 0 saturated carbocycles. The van der Waals surface area contributed by atoms with Crippen molar-refractivity contribution >= 4 is 16.6 Å². The normalized spacial score (nSPS) is 13.4. The lowest BCUT2D eigenvalue weighted by Crippen LogP contribution is -2.42. The molecule has 1 atom stereocenters. The Hall–Kier alpha value is -3.97. The summed E-state index contributed by atoms with van der Waals surface area (Å²) < 4.78 is 41.3. The molecule has 10 heteroatoms. The molecule has 1 N–H and O–H groups in total. The van der Waals surface area contributed by atoms with Gasteiger partial charge in [-0.3, -0.25) is 0 Å². The minimum absolute atomic E-state index is 0.116. The SMILES string of the molecule is CC[C@](O)(c1cn(Cc2ccc3c(-c4cccc(N(C)C)c4)cc(C#N)nc3c2)nn1)C(F)(F)F. The first-order chi connectivity index (χ1) is 16.6. The second kappa shape index (κ2) is 9.00. The summed E-state index contributed by atoms with van der Waals surface area (Å²) in [5.41, 5.74) is 0.707. The molecule has 0 amide bonds. The minimum atomic E-state index is -4.87. The van der Waals surface area contributed by atoms with Crippen LogP contribution < -0.4 is 4.90 Å². The molecule has 0 aliphatic heterocycles. The number of alkyl halides is 3. The number of hydrogen-bond acceptors (Lipinski definition) is 6. The Morgan fingerprint density at radius 1 is 1.11 bits per heavy atom. The minimum Gasteiger partial charge on any atom is -0.378 e. The molecule has 180 valence electrons. The zero-order valence-corrected chi connectivity index (χ0v) is 19.4. The summed E-state index contributed by atoms with van der Waals surface area (Å²) in [6.45, 7) is 1.35. The van der Waals surface area contributed by atoms with Crippen LogP contribution in [0.15, 0.2) is 54.7 Å². The molecular formula is C25H23F3N6O. The van der Waals surface area contributed by atoms with E-state index in [0.717, 1.165) is 28.4 Å². The zero-order valence-electron chi connectivity index (χ0n) is 19.4. The first-order valence-corrected chi connectivity index (χ1v) is 10.9. The summed E-state index contributed by atoms with van der Waals surface area (Å²) in [6, 6.07) is 17.2. The number of aliphatic hydroxyl groups is 1. The second-order valence-electron chi connectivity index (χ2n) is 8.48. The molecule has 2 aromatic heterocycles. The van der Waals surface area contributed by atoms with E-state index < -0.39 is 23.9 Å². The van der Waals surface area contributed by atoms with Gasteiger partial charge in [-0.2, -0.15) is 18.4 Å². The van der Waals surface area contributed by atoms with Gasteiger partial charge in [-0.05, 0) is 47.4 Å². The van der Waals surface area contributed by atoms with Gasteiger partial charge in [0.1, 0.15) is 17.5 Å². The van der Waals surface area contributed by atoms with Crippen LogP contribution in [0.2, 0.25) is 0 Å². The zero-order chi connectivity index (χ0) is 25.4. The van der Waals surface area contributed by atoms with E-state index in [1.165, 1.54) is 11.6 Å². The number of halogens is 3. The Morgan fingerprint density at radius 3 is 2.54 bits per heavy atom. The van der Waals surface area contributed by atoms with Crippen molar-refractivity contribution in [1.29, 1.82) is 5.26 Å². The fourth-order valence-electron chi connectivity index (χ4n) is 3.90. The smallest absolute Gasteiger partial charge is 0.378 e. The number of hydrogen-bond donors (Lipinski definition) is 1. The summed E-state index contributed by atoms with van der Waals surface area (Å²) in [5, 5.41) is 27.8. The van der Waals surface area contributed by atoms with Gasteiger partial charge in [0.05, 0.1) is 18.3 Å². The summed E-state index contributed by atoms with van der Waals surface area (Å²) in [6.07, 6.45) is -4.36. The quantitative estimate of drug-likeness (QED) is 0.432. The number of nitrogens with zero attached hydrogens (tertiary/aromatic N) is 6. The third kappa shape index (κ3) is 4.55. The molecular weight excluding hydrogens is 457 g/mol. The monoisotopic (exact) mass is 480 g/mol. The summed E-state index contributed by atoms with van der Waals surface area (Å²) >= 11 is 0. The van der Waals surface area contributed by atoms with Crippen LogP contribution >= 0.6 is 0 Å². The van der Waals surface area contributed by atoms with E-state index in [1.54, 1.807) is 12.1 Å². The Balaban J connectivity index is 1.72. The van der Waals surface area contributed by atoms with Crippen molar-refractivity contribution in [2.75, 3.05) is 19.0 Å². The number of anilines is 1. The average molecular weight is 480 g/mol. The lowest BCUT2D eigenvalue weighted by Gasteiger charge is -2.26. The van der Waals surface area contributed by atoms with Crippen LogP contribution in [0.3, 0.4) is 0 Å². The van der Waals surface area contributed by atoms with Crippen molar-refractivity contribution in [2.24, 2.45) is 0 Å². The van der Waals surface area contributed by atoms with Crippen molar-refractivity contribution in [2.45, 2.75) is 31.7 Å². The van der Waals surface area contributed by atoms with Gasteiger partial charge in [0.25, 0.3) is 0 Å². The summed E-state index contributed by atoms with van der Waals surface area (Å²) in [4.78, 5) is 6.41. The third-order valence-corrected chi connectivity index (χ3v) is 5.95. The first-order valence-electron chi connectivity index (χ1n) is 10.9. The van der Waals surface area contributed by atoms with E-state index in [2.05, 4.69) is 21.4 Å². The van der Waals surface area contributed by atoms with Crippen LogP contribution in [-0.4, -0.2) is 45.4 Å². The van der Waals surface area contributed by atoms with E-state index in [0.29, 0.717) is 11.1 Å². The highest BCUT2D eigenvalue weighted by Crippen LogP contribution is 2.40. The third-order valence-electron chi connectivity index (χ3n) is 5.95. The van der Waals surface area contributed by atoms with Gasteiger partial charge in [0.2, 0.25) is 5.60 Å². The molecule has 2 heterocycles. The molecule has 0 bridgehead atoms. The van der Waals surface area contributed by atoms with Crippen LogP contribution in [0.1, 0.15) is 30.3 Å². The van der Waals surface area contributed by atoms with Crippen molar-refractivity contribution in [3.05, 3.63) is 71.7 Å². The van der Waals surface area contributed by atoms with E-state index in [4.69, 9.17) is 0 Å². The maximum atomic E-state index is 13.4. The number of aromatic nitrogens is 4. The Morgan fingerprint density at radius 2 is 1.89 bits per heavy atom. The van der Waals surface area contributed by atoms with Crippen molar-refractivity contribution in [3.63, 3.8) is 0 Å². The van der Waals surface area contributed by atoms with Gasteiger partial charge in [-0.15, -0.1) is 5.10 Å². The molecule has 4 aromatic rings. The number of nitriles is 1. The molecule has 0 fully saturated rings. The van der Waals surface area contributed by atoms with E-state index in [1.807, 2.05) is 55.4 Å². The van der Waals surface area contributed by atoms with E-state index >= 15 is 0 Å². The topological polar surface area (TPSA) is 90.9 Å². The van der Waals surface area contributed by atoms with Crippen LogP contribution in [-0.2, 0) is 12.1 Å². The molecule has 0 aliphatic carbocycles. The lowest BCUT2D eigenvalue weighted by molar-refractivity contribution is -0.269. The van der Waals surface area contributed by atoms with Gasteiger partial charge >= 0.3 is 6.18 Å². The molecule has 0 aliphatic rings. The van der Waals surface area contributed by atoms with Crippen LogP contribution in [0.5, 0.6) is 0 Å². The van der Waals surface area contributed by atoms with Crippen molar-refractivity contribution in [3.8, 4) is 17.2 Å². The van der Waals surface area contributed by atoms with Crippen molar-refractivity contribution in [1.82, 2.24) is 20.0 Å². The average Bonchev–Trinajstić information content (AvgIpc) is 3.30. The fourth-order valence-corrected chi connectivity index (χ4v) is 3.90. The Labute approximate surface area is 200 Å². The maximum Gasteiger partial charge on any atom is 0.423 e. The van der Waals surface area contributed by atoms with E-state index in [9.17, 15) is 23.5 Å². The first kappa shape index (κ1) is 24.2. The standard InChI is InChI=1S/C25H23F3N6O/c1-4-24(35,25(26,27)28)23-15-34(32-31-23)14-16-8-9-20-21(12-18(13-29)30-22(20)10-16)17-6-5-7-19(11-17)33(2)3/h5-12,15,35H,4,14H2,1-3H3/t24-/m0/s1. The van der Waals surface area contributed by atoms with Crippen LogP contribution in [0, 0.1) is 11.3 Å². The van der Waals surface area contributed by atoms with Gasteiger partial charge in [0.15, 0.2) is 0 Å². The van der Waals surface area contributed by atoms with Gasteiger partial charge in [-0.25, -0.2) is 9.67 Å². The Bertz CT molecular complexity index is 1420. The van der Waals surface area contributed by atoms with Crippen molar-refractivity contribution < 1.29 is 18.3 Å². The number of fused-ring (bicyclic) bond motifs is 1. The molecule has 0 radical (unpaired) electrons. The van der Waals surface area contributed by atoms with Crippen LogP contribution in [0.4, 0.5) is 18.9 Å². The molecule has 0 unspecified atom stereocenters. The second-order valence-corrected chi connectivity index (χ2v) is 8.48.